The first-order valence-electron chi connectivity index (χ1n) is 4.77. The van der Waals surface area contributed by atoms with Gasteiger partial charge in [-0.1, -0.05) is 0 Å². The monoisotopic (exact) mass is 217 g/mol. The van der Waals surface area contributed by atoms with Gasteiger partial charge in [-0.15, -0.1) is 0 Å². The Balaban J connectivity index is 2.14. The molecule has 0 N–H and O–H groups in total. The van der Waals surface area contributed by atoms with Crippen LogP contribution in [0.4, 0.5) is 4.39 Å². The molecule has 0 saturated carbocycles. The molecule has 16 heavy (non-hydrogen) atoms. The summed E-state index contributed by atoms with van der Waals surface area (Å²) in [6.45, 7) is 0. The van der Waals surface area contributed by atoms with E-state index in [1.165, 1.54) is 12.1 Å². The fourth-order valence-electron chi connectivity index (χ4n) is 1.26. The molecule has 0 aliphatic rings. The molecule has 0 unspecified atom stereocenters. The van der Waals surface area contributed by atoms with E-state index >= 15 is 0 Å². The molecule has 2 aromatic rings. The maximum Gasteiger partial charge on any atom is 0.134 e. The summed E-state index contributed by atoms with van der Waals surface area (Å²) in [5.41, 5.74) is 0. The Hall–Kier alpha value is -2.03. The highest BCUT2D eigenvalue weighted by Gasteiger charge is 1.99. The molecule has 2 nitrogen and oxygen atoms in total. The number of halogens is 1. The van der Waals surface area contributed by atoms with Crippen LogP contribution in [0.5, 0.6) is 17.2 Å². The molecule has 81 valence electrons. The molecular formula is C13H10FO2. The van der Waals surface area contributed by atoms with E-state index in [2.05, 4.69) is 6.07 Å². The third kappa shape index (κ3) is 2.51. The van der Waals surface area contributed by atoms with E-state index in [-0.39, 0.29) is 0 Å². The number of methoxy groups -OCH3 is 1. The molecular weight excluding hydrogens is 207 g/mol. The lowest BCUT2D eigenvalue weighted by molar-refractivity contribution is 0.412. The fraction of sp³-hybridized carbons (Fsp3) is 0.0769. The highest BCUT2D eigenvalue weighted by Crippen LogP contribution is 2.23. The van der Waals surface area contributed by atoms with Gasteiger partial charge in [0.2, 0.25) is 0 Å². The van der Waals surface area contributed by atoms with Crippen LogP contribution in [0.1, 0.15) is 0 Å². The first kappa shape index (κ1) is 10.5. The first-order valence-corrected chi connectivity index (χ1v) is 4.77. The summed E-state index contributed by atoms with van der Waals surface area (Å²) >= 11 is 0. The van der Waals surface area contributed by atoms with E-state index in [0.717, 1.165) is 5.75 Å². The van der Waals surface area contributed by atoms with Crippen molar-refractivity contribution < 1.29 is 13.9 Å². The molecule has 0 aromatic heterocycles. The average Bonchev–Trinajstić information content (AvgIpc) is 2.30. The molecule has 0 bridgehead atoms. The zero-order valence-corrected chi connectivity index (χ0v) is 8.74. The Morgan fingerprint density at radius 2 is 1.69 bits per heavy atom. The van der Waals surface area contributed by atoms with Gasteiger partial charge in [0.15, 0.2) is 0 Å². The third-order valence-electron chi connectivity index (χ3n) is 2.03. The van der Waals surface area contributed by atoms with Gasteiger partial charge >= 0.3 is 0 Å². The van der Waals surface area contributed by atoms with E-state index in [1.54, 1.807) is 37.4 Å². The predicted octanol–water partition coefficient (Wildman–Crippen LogP) is 3.43. The number of benzene rings is 2. The molecule has 0 heterocycles. The topological polar surface area (TPSA) is 18.5 Å². The van der Waals surface area contributed by atoms with Crippen molar-refractivity contribution in [2.75, 3.05) is 7.11 Å². The van der Waals surface area contributed by atoms with Crippen molar-refractivity contribution in [1.29, 1.82) is 0 Å². The van der Waals surface area contributed by atoms with Gasteiger partial charge in [-0.2, -0.15) is 0 Å². The molecule has 0 aliphatic heterocycles. The second-order valence-electron chi connectivity index (χ2n) is 3.15. The van der Waals surface area contributed by atoms with E-state index in [1.807, 2.05) is 0 Å². The molecule has 0 saturated heterocycles. The Bertz CT molecular complexity index is 466. The van der Waals surface area contributed by atoms with Gasteiger partial charge in [0.25, 0.3) is 0 Å². The molecule has 0 atom stereocenters. The Kier molecular flexibility index (Phi) is 3.05. The lowest BCUT2D eigenvalue weighted by Gasteiger charge is -2.06. The van der Waals surface area contributed by atoms with Gasteiger partial charge in [-0.05, 0) is 36.4 Å². The quantitative estimate of drug-likeness (QED) is 0.784. The Labute approximate surface area is 93.2 Å². The average molecular weight is 217 g/mol. The maximum absolute atomic E-state index is 12.8. The SMILES string of the molecule is COc1ccc(Oc2cc[c]c(F)c2)cc1. The van der Waals surface area contributed by atoms with Crippen LogP contribution in [-0.4, -0.2) is 7.11 Å². The minimum atomic E-state index is -0.439. The third-order valence-corrected chi connectivity index (χ3v) is 2.03. The minimum Gasteiger partial charge on any atom is -0.497 e. The number of rotatable bonds is 3. The number of hydrogen-bond donors (Lipinski definition) is 0. The molecule has 2 aromatic carbocycles. The summed E-state index contributed by atoms with van der Waals surface area (Å²) in [5, 5.41) is 0. The molecule has 0 spiro atoms. The Morgan fingerprint density at radius 3 is 2.31 bits per heavy atom. The van der Waals surface area contributed by atoms with Gasteiger partial charge in [0, 0.05) is 12.1 Å². The highest BCUT2D eigenvalue weighted by molar-refractivity contribution is 5.35. The van der Waals surface area contributed by atoms with Crippen molar-refractivity contribution in [3.8, 4) is 17.2 Å². The van der Waals surface area contributed by atoms with Crippen molar-refractivity contribution in [3.63, 3.8) is 0 Å². The van der Waals surface area contributed by atoms with Crippen LogP contribution in [0.25, 0.3) is 0 Å². The van der Waals surface area contributed by atoms with Crippen molar-refractivity contribution >= 4 is 0 Å². The summed E-state index contributed by atoms with van der Waals surface area (Å²) in [5.74, 6) is 1.39. The van der Waals surface area contributed by atoms with Gasteiger partial charge in [-0.25, -0.2) is 4.39 Å². The molecule has 0 amide bonds. The summed E-state index contributed by atoms with van der Waals surface area (Å²) < 4.78 is 23.3. The van der Waals surface area contributed by atoms with Crippen LogP contribution >= 0.6 is 0 Å². The van der Waals surface area contributed by atoms with Crippen molar-refractivity contribution in [1.82, 2.24) is 0 Å². The van der Waals surface area contributed by atoms with E-state index in [4.69, 9.17) is 9.47 Å². The van der Waals surface area contributed by atoms with E-state index in [0.29, 0.717) is 11.5 Å². The van der Waals surface area contributed by atoms with Gasteiger partial charge in [0.1, 0.15) is 23.1 Å². The van der Waals surface area contributed by atoms with E-state index in [9.17, 15) is 4.39 Å². The number of ether oxygens (including phenoxy) is 2. The largest absolute Gasteiger partial charge is 0.497 e. The summed E-state index contributed by atoms with van der Waals surface area (Å²) in [7, 11) is 1.60. The van der Waals surface area contributed by atoms with Crippen LogP contribution in [0, 0.1) is 11.9 Å². The normalized spacial score (nSPS) is 9.88. The lowest BCUT2D eigenvalue weighted by atomic mass is 10.3. The zero-order valence-electron chi connectivity index (χ0n) is 8.74. The fourth-order valence-corrected chi connectivity index (χ4v) is 1.26. The lowest BCUT2D eigenvalue weighted by Crippen LogP contribution is -1.86. The standard InChI is InChI=1S/C13H10FO2/c1-15-11-5-7-12(8-6-11)16-13-4-2-3-10(14)9-13/h2,4-9H,1H3. The predicted molar refractivity (Wildman–Crippen MR) is 58.3 cm³/mol. The van der Waals surface area contributed by atoms with Crippen LogP contribution in [0.3, 0.4) is 0 Å². The second kappa shape index (κ2) is 4.66. The van der Waals surface area contributed by atoms with Crippen LogP contribution in [0.2, 0.25) is 0 Å². The van der Waals surface area contributed by atoms with Crippen molar-refractivity contribution in [3.05, 3.63) is 54.3 Å². The van der Waals surface area contributed by atoms with E-state index < -0.39 is 5.82 Å². The van der Waals surface area contributed by atoms with Crippen molar-refractivity contribution in [2.45, 2.75) is 0 Å². The highest BCUT2D eigenvalue weighted by atomic mass is 19.1. The molecule has 0 fully saturated rings. The smallest absolute Gasteiger partial charge is 0.134 e. The van der Waals surface area contributed by atoms with Gasteiger partial charge in [0.05, 0.1) is 7.11 Å². The summed E-state index contributed by atoms with van der Waals surface area (Å²) in [4.78, 5) is 0. The summed E-state index contributed by atoms with van der Waals surface area (Å²) in [6, 6.07) is 13.9. The zero-order chi connectivity index (χ0) is 11.4. The van der Waals surface area contributed by atoms with Crippen LogP contribution < -0.4 is 9.47 Å². The number of hydrogen-bond acceptors (Lipinski definition) is 2. The Morgan fingerprint density at radius 1 is 1.00 bits per heavy atom. The van der Waals surface area contributed by atoms with Crippen LogP contribution in [0.15, 0.2) is 42.5 Å². The van der Waals surface area contributed by atoms with Crippen LogP contribution in [-0.2, 0) is 0 Å². The minimum absolute atomic E-state index is 0.439. The summed E-state index contributed by atoms with van der Waals surface area (Å²) in [6.07, 6.45) is 0. The first-order chi connectivity index (χ1) is 7.78. The van der Waals surface area contributed by atoms with Crippen molar-refractivity contribution in [2.24, 2.45) is 0 Å². The maximum atomic E-state index is 12.8. The molecule has 0 aliphatic carbocycles. The molecule has 1 radical (unpaired) electrons. The molecule has 2 rings (SSSR count). The second-order valence-corrected chi connectivity index (χ2v) is 3.15. The molecule has 3 heteroatoms. The van der Waals surface area contributed by atoms with Gasteiger partial charge in [-0.3, -0.25) is 0 Å². The van der Waals surface area contributed by atoms with Gasteiger partial charge < -0.3 is 9.47 Å².